The fourth-order valence-electron chi connectivity index (χ4n) is 4.98. The van der Waals surface area contributed by atoms with E-state index in [1.165, 1.54) is 12.1 Å². The molecule has 1 aliphatic heterocycles. The zero-order valence-electron chi connectivity index (χ0n) is 22.2. The van der Waals surface area contributed by atoms with Gasteiger partial charge in [-0.3, -0.25) is 9.48 Å². The second-order valence-corrected chi connectivity index (χ2v) is 10.0. The lowest BCUT2D eigenvalue weighted by Gasteiger charge is -2.43. The van der Waals surface area contributed by atoms with E-state index in [1.54, 1.807) is 41.5 Å². The molecule has 3 aromatic heterocycles. The van der Waals surface area contributed by atoms with Gasteiger partial charge in [0.2, 0.25) is 11.9 Å². The van der Waals surface area contributed by atoms with Gasteiger partial charge in [-0.2, -0.15) is 10.1 Å². The van der Waals surface area contributed by atoms with Crippen LogP contribution in [0.4, 0.5) is 21.8 Å². The minimum absolute atomic E-state index is 0.0156. The third-order valence-corrected chi connectivity index (χ3v) is 7.17. The van der Waals surface area contributed by atoms with E-state index in [0.717, 1.165) is 18.5 Å². The van der Waals surface area contributed by atoms with Gasteiger partial charge in [-0.05, 0) is 49.6 Å². The summed E-state index contributed by atoms with van der Waals surface area (Å²) < 4.78 is 22.6. The minimum Gasteiger partial charge on any atom is -0.421 e. The maximum atomic E-state index is 15.3. The molecule has 11 nitrogen and oxygen atoms in total. The number of piperazine rings is 1. The van der Waals surface area contributed by atoms with Crippen LogP contribution in [0.1, 0.15) is 18.5 Å². The smallest absolute Gasteiger partial charge is 0.322 e. The molecule has 1 aromatic carbocycles. The molecular formula is C28H28FN9O2. The lowest BCUT2D eigenvalue weighted by molar-refractivity contribution is -0.127. The molecule has 1 amide bonds. The Hall–Kier alpha value is -4.87. The third kappa shape index (κ3) is 4.95. The van der Waals surface area contributed by atoms with Gasteiger partial charge in [-0.1, -0.05) is 12.6 Å². The van der Waals surface area contributed by atoms with Crippen molar-refractivity contribution in [1.82, 2.24) is 34.6 Å². The molecule has 1 aliphatic carbocycles. The third-order valence-electron chi connectivity index (χ3n) is 7.17. The van der Waals surface area contributed by atoms with Gasteiger partial charge < -0.3 is 19.9 Å². The fraction of sp³-hybridized carbons (Fsp3) is 0.286. The number of anilines is 3. The number of hydrogen-bond donors (Lipinski definition) is 1. The Balaban J connectivity index is 1.36. The zero-order chi connectivity index (χ0) is 27.9. The molecule has 0 atom stereocenters. The Kier molecular flexibility index (Phi) is 6.37. The predicted molar refractivity (Wildman–Crippen MR) is 147 cm³/mol. The molecule has 0 bridgehead atoms. The van der Waals surface area contributed by atoms with E-state index in [0.29, 0.717) is 48.2 Å². The first-order chi connectivity index (χ1) is 19.3. The molecule has 2 aliphatic rings. The van der Waals surface area contributed by atoms with Crippen molar-refractivity contribution >= 4 is 23.4 Å². The Labute approximate surface area is 230 Å². The fourth-order valence-corrected chi connectivity index (χ4v) is 4.98. The van der Waals surface area contributed by atoms with Crippen LogP contribution in [0, 0.1) is 12.7 Å². The molecule has 4 heterocycles. The summed E-state index contributed by atoms with van der Waals surface area (Å²) in [5.41, 5.74) is 2.49. The molecular weight excluding hydrogens is 513 g/mol. The van der Waals surface area contributed by atoms with Crippen LogP contribution in [0.2, 0.25) is 0 Å². The molecule has 1 saturated carbocycles. The van der Waals surface area contributed by atoms with Crippen LogP contribution < -0.4 is 15.0 Å². The Morgan fingerprint density at radius 1 is 1.18 bits per heavy atom. The van der Waals surface area contributed by atoms with Gasteiger partial charge in [0.1, 0.15) is 5.82 Å². The highest BCUT2D eigenvalue weighted by atomic mass is 19.1. The molecule has 12 heteroatoms. The minimum atomic E-state index is -0.561. The average Bonchev–Trinajstić information content (AvgIpc) is 3.58. The van der Waals surface area contributed by atoms with Gasteiger partial charge >= 0.3 is 6.01 Å². The second kappa shape index (κ2) is 10.0. The predicted octanol–water partition coefficient (Wildman–Crippen LogP) is 4.02. The molecule has 204 valence electrons. The first-order valence-electron chi connectivity index (χ1n) is 12.9. The van der Waals surface area contributed by atoms with Crippen molar-refractivity contribution in [3.05, 3.63) is 73.2 Å². The van der Waals surface area contributed by atoms with Crippen molar-refractivity contribution < 1.29 is 13.9 Å². The van der Waals surface area contributed by atoms with E-state index >= 15 is 4.39 Å². The van der Waals surface area contributed by atoms with Crippen LogP contribution in [-0.4, -0.2) is 65.7 Å². The lowest BCUT2D eigenvalue weighted by atomic mass is 10.0. The summed E-state index contributed by atoms with van der Waals surface area (Å²) in [4.78, 5) is 34.1. The van der Waals surface area contributed by atoms with E-state index in [1.807, 2.05) is 25.1 Å². The van der Waals surface area contributed by atoms with Gasteiger partial charge in [0, 0.05) is 56.5 Å². The summed E-state index contributed by atoms with van der Waals surface area (Å²) in [6.07, 6.45) is 9.95. The van der Waals surface area contributed by atoms with Gasteiger partial charge in [0.05, 0.1) is 17.4 Å². The molecule has 6 rings (SSSR count). The number of amides is 1. The summed E-state index contributed by atoms with van der Waals surface area (Å²) in [5.74, 6) is 0.433. The quantitative estimate of drug-likeness (QED) is 0.347. The number of nitrogens with one attached hydrogen (secondary N) is 1. The average molecular weight is 542 g/mol. The number of nitrogens with zero attached hydrogens (tertiary/aromatic N) is 8. The Morgan fingerprint density at radius 3 is 2.73 bits per heavy atom. The number of ether oxygens (including phenoxy) is 1. The highest BCUT2D eigenvalue weighted by Crippen LogP contribution is 2.48. The lowest BCUT2D eigenvalue weighted by Crippen LogP contribution is -2.56. The standard InChI is InChI=1S/C28H28FN9O2/c1-4-24(39)37-11-12-38(28(17-37)8-9-28)25-21(15-31-26(35-25)34-20-14-32-36(3)16-20)19-5-6-23(22(29)13-19)40-27-30-10-7-18(2)33-27/h4-7,10,13-16H,1,8-9,11-12,17H2,2-3H3,(H,31,34,35). The van der Waals surface area contributed by atoms with Gasteiger partial charge in [-0.25, -0.2) is 19.3 Å². The van der Waals surface area contributed by atoms with E-state index < -0.39 is 5.82 Å². The normalized spacial score (nSPS) is 15.7. The highest BCUT2D eigenvalue weighted by Gasteiger charge is 2.53. The topological polar surface area (TPSA) is 114 Å². The van der Waals surface area contributed by atoms with Crippen molar-refractivity contribution in [2.45, 2.75) is 25.3 Å². The maximum absolute atomic E-state index is 15.3. The van der Waals surface area contributed by atoms with Gasteiger partial charge in [0.25, 0.3) is 0 Å². The van der Waals surface area contributed by atoms with E-state index in [9.17, 15) is 4.79 Å². The van der Waals surface area contributed by atoms with Crippen molar-refractivity contribution in [3.8, 4) is 22.9 Å². The number of aryl methyl sites for hydroxylation is 2. The van der Waals surface area contributed by atoms with Crippen LogP contribution in [0.3, 0.4) is 0 Å². The van der Waals surface area contributed by atoms with E-state index in [-0.39, 0.29) is 23.2 Å². The zero-order valence-corrected chi connectivity index (χ0v) is 22.2. The Morgan fingerprint density at radius 2 is 2.02 bits per heavy atom. The Bertz CT molecular complexity index is 1600. The summed E-state index contributed by atoms with van der Waals surface area (Å²) in [7, 11) is 1.83. The van der Waals surface area contributed by atoms with Crippen molar-refractivity contribution in [1.29, 1.82) is 0 Å². The SMILES string of the molecule is C=CC(=O)N1CCN(c2nc(Nc3cnn(C)c3)ncc2-c2ccc(Oc3nccc(C)n3)c(F)c2)C2(CC2)C1. The molecule has 0 radical (unpaired) electrons. The molecule has 1 N–H and O–H groups in total. The molecule has 40 heavy (non-hydrogen) atoms. The number of carbonyl (C=O) groups is 1. The van der Waals surface area contributed by atoms with Crippen LogP contribution in [0.5, 0.6) is 11.8 Å². The molecule has 2 fully saturated rings. The molecule has 1 spiro atoms. The van der Waals surface area contributed by atoms with E-state index in [4.69, 9.17) is 9.72 Å². The van der Waals surface area contributed by atoms with Crippen molar-refractivity contribution in [2.75, 3.05) is 29.9 Å². The van der Waals surface area contributed by atoms with Crippen molar-refractivity contribution in [2.24, 2.45) is 7.05 Å². The first-order valence-corrected chi connectivity index (χ1v) is 12.9. The number of aromatic nitrogens is 6. The first kappa shape index (κ1) is 25.4. The van der Waals surface area contributed by atoms with Crippen molar-refractivity contribution in [3.63, 3.8) is 0 Å². The summed E-state index contributed by atoms with van der Waals surface area (Å²) in [5, 5.41) is 7.39. The molecule has 4 aromatic rings. The van der Waals surface area contributed by atoms with Gasteiger partial charge in [-0.15, -0.1) is 0 Å². The summed E-state index contributed by atoms with van der Waals surface area (Å²) in [6, 6.07) is 6.53. The number of rotatable bonds is 7. The summed E-state index contributed by atoms with van der Waals surface area (Å²) in [6.45, 7) is 7.12. The number of benzene rings is 1. The van der Waals surface area contributed by atoms with Gasteiger partial charge in [0.15, 0.2) is 11.6 Å². The molecule has 1 saturated heterocycles. The highest BCUT2D eigenvalue weighted by molar-refractivity contribution is 5.87. The maximum Gasteiger partial charge on any atom is 0.322 e. The number of halogens is 1. The largest absolute Gasteiger partial charge is 0.421 e. The number of carbonyl (C=O) groups excluding carboxylic acids is 1. The van der Waals surface area contributed by atoms with E-state index in [2.05, 4.69) is 36.8 Å². The summed E-state index contributed by atoms with van der Waals surface area (Å²) >= 11 is 0. The molecule has 0 unspecified atom stereocenters. The second-order valence-electron chi connectivity index (χ2n) is 10.0. The van der Waals surface area contributed by atoms with Crippen LogP contribution in [-0.2, 0) is 11.8 Å². The number of hydrogen-bond acceptors (Lipinski definition) is 9. The van der Waals surface area contributed by atoms with Crippen LogP contribution in [0.25, 0.3) is 11.1 Å². The van der Waals surface area contributed by atoms with Crippen LogP contribution >= 0.6 is 0 Å². The van der Waals surface area contributed by atoms with Crippen LogP contribution in [0.15, 0.2) is 61.7 Å². The monoisotopic (exact) mass is 541 g/mol.